The Bertz CT molecular complexity index is 889. The van der Waals surface area contributed by atoms with Gasteiger partial charge in [-0.05, 0) is 90.5 Å². The van der Waals surface area contributed by atoms with Crippen molar-refractivity contribution in [1.29, 1.82) is 0 Å². The molecule has 2 aromatic rings. The Morgan fingerprint density at radius 1 is 0.719 bits per heavy atom. The molecule has 3 nitrogen and oxygen atoms in total. The quantitative estimate of drug-likeness (QED) is 0.325. The summed E-state index contributed by atoms with van der Waals surface area (Å²) in [5.41, 5.74) is 12.2. The van der Waals surface area contributed by atoms with Gasteiger partial charge in [0.15, 0.2) is 0 Å². The SMILES string of the molecule is CC(=Nc1c(C)cc(C)cc1C)C1CCC(C(C)=Nc2c(C)cc(C)cc2C)N1.[Cl][Fe][Cl]. The average Bonchev–Trinajstić information content (AvgIpc) is 3.18. The van der Waals surface area contributed by atoms with E-state index in [1.54, 1.807) is 0 Å². The predicted octanol–water partition coefficient (Wildman–Crippen LogP) is 7.92. The van der Waals surface area contributed by atoms with Crippen LogP contribution in [0, 0.1) is 41.5 Å². The summed E-state index contributed by atoms with van der Waals surface area (Å²) >= 11 is 0.194. The fraction of sp³-hybridized carbons (Fsp3) is 0.462. The van der Waals surface area contributed by atoms with Crippen molar-refractivity contribution in [3.05, 3.63) is 57.6 Å². The van der Waals surface area contributed by atoms with E-state index in [1.807, 2.05) is 0 Å². The summed E-state index contributed by atoms with van der Waals surface area (Å²) in [7, 11) is 9.53. The number of nitrogens with one attached hydrogen (secondary N) is 1. The molecule has 2 atom stereocenters. The fourth-order valence-electron chi connectivity index (χ4n) is 4.61. The van der Waals surface area contributed by atoms with Crippen molar-refractivity contribution in [2.24, 2.45) is 9.98 Å². The molecule has 1 N–H and O–H groups in total. The van der Waals surface area contributed by atoms with Crippen LogP contribution in [0.25, 0.3) is 0 Å². The first-order valence-electron chi connectivity index (χ1n) is 10.9. The van der Waals surface area contributed by atoms with Crippen LogP contribution in [0.5, 0.6) is 0 Å². The molecule has 0 radical (unpaired) electrons. The maximum absolute atomic E-state index is 5.01. The molecule has 2 unspecified atom stereocenters. The third kappa shape index (κ3) is 7.17. The minimum atomic E-state index is 0.194. The zero-order valence-corrected chi connectivity index (χ0v) is 23.0. The second-order valence-electron chi connectivity index (χ2n) is 8.90. The molecular weight excluding hydrogens is 481 g/mol. The van der Waals surface area contributed by atoms with Gasteiger partial charge in [0.2, 0.25) is 0 Å². The summed E-state index contributed by atoms with van der Waals surface area (Å²) in [6.45, 7) is 17.2. The van der Waals surface area contributed by atoms with Crippen LogP contribution in [0.3, 0.4) is 0 Å². The molecule has 1 aliphatic heterocycles. The first kappa shape index (κ1) is 27.1. The van der Waals surface area contributed by atoms with Crippen molar-refractivity contribution in [1.82, 2.24) is 5.32 Å². The molecule has 0 aliphatic carbocycles. The Hall–Kier alpha value is -1.16. The Morgan fingerprint density at radius 3 is 1.28 bits per heavy atom. The zero-order chi connectivity index (χ0) is 24.0. The average molecular weight is 516 g/mol. The van der Waals surface area contributed by atoms with E-state index in [0.29, 0.717) is 12.1 Å². The first-order valence-corrected chi connectivity index (χ1v) is 14.0. The van der Waals surface area contributed by atoms with Crippen LogP contribution in [-0.2, 0) is 13.1 Å². The first-order chi connectivity index (χ1) is 15.1. The number of halogens is 2. The van der Waals surface area contributed by atoms with Crippen molar-refractivity contribution in [3.63, 3.8) is 0 Å². The molecule has 6 heteroatoms. The van der Waals surface area contributed by atoms with Gasteiger partial charge >= 0.3 is 33.3 Å². The number of aliphatic imine (C=N–C) groups is 2. The van der Waals surface area contributed by atoms with Gasteiger partial charge in [0, 0.05) is 23.5 Å². The molecule has 0 amide bonds. The van der Waals surface area contributed by atoms with Crippen molar-refractivity contribution in [2.75, 3.05) is 0 Å². The molecule has 176 valence electrons. The van der Waals surface area contributed by atoms with Gasteiger partial charge in [0.25, 0.3) is 0 Å². The summed E-state index contributed by atoms with van der Waals surface area (Å²) in [5.74, 6) is 0. The van der Waals surface area contributed by atoms with Crippen molar-refractivity contribution < 1.29 is 13.1 Å². The topological polar surface area (TPSA) is 36.8 Å². The van der Waals surface area contributed by atoms with Crippen LogP contribution in [0.4, 0.5) is 11.4 Å². The number of hydrogen-bond donors (Lipinski definition) is 1. The van der Waals surface area contributed by atoms with Crippen molar-refractivity contribution >= 4 is 43.0 Å². The number of benzene rings is 2. The number of hydrogen-bond acceptors (Lipinski definition) is 3. The van der Waals surface area contributed by atoms with Crippen LogP contribution < -0.4 is 5.32 Å². The summed E-state index contributed by atoms with van der Waals surface area (Å²) in [4.78, 5) is 10.0. The second-order valence-corrected chi connectivity index (χ2v) is 10.7. The van der Waals surface area contributed by atoms with E-state index >= 15 is 0 Å². The zero-order valence-electron chi connectivity index (χ0n) is 20.4. The van der Waals surface area contributed by atoms with Gasteiger partial charge in [-0.1, -0.05) is 35.4 Å². The summed E-state index contributed by atoms with van der Waals surface area (Å²) in [6, 6.07) is 9.48. The molecular formula is C26H35Cl2FeN3. The molecule has 0 aromatic heterocycles. The summed E-state index contributed by atoms with van der Waals surface area (Å²) in [6.07, 6.45) is 2.20. The van der Waals surface area contributed by atoms with Crippen molar-refractivity contribution in [2.45, 2.75) is 80.3 Å². The Kier molecular flexibility index (Phi) is 10.4. The molecule has 1 aliphatic rings. The molecule has 0 spiro atoms. The van der Waals surface area contributed by atoms with E-state index in [9.17, 15) is 0 Å². The Labute approximate surface area is 208 Å². The van der Waals surface area contributed by atoms with Gasteiger partial charge in [-0.2, -0.15) is 0 Å². The number of aryl methyl sites for hydroxylation is 6. The van der Waals surface area contributed by atoms with Gasteiger partial charge in [-0.15, -0.1) is 0 Å². The van der Waals surface area contributed by atoms with Gasteiger partial charge in [0.05, 0.1) is 11.4 Å². The molecule has 0 saturated carbocycles. The third-order valence-electron chi connectivity index (χ3n) is 6.00. The molecule has 2 aromatic carbocycles. The van der Waals surface area contributed by atoms with Crippen LogP contribution >= 0.6 is 20.2 Å². The number of nitrogens with zero attached hydrogens (tertiary/aromatic N) is 2. The van der Waals surface area contributed by atoms with Gasteiger partial charge in [-0.3, -0.25) is 9.98 Å². The van der Waals surface area contributed by atoms with E-state index in [1.165, 1.54) is 33.4 Å². The van der Waals surface area contributed by atoms with E-state index in [-0.39, 0.29) is 13.1 Å². The Morgan fingerprint density at radius 2 is 1.00 bits per heavy atom. The van der Waals surface area contributed by atoms with E-state index in [0.717, 1.165) is 35.6 Å². The minimum absolute atomic E-state index is 0.194. The van der Waals surface area contributed by atoms with E-state index in [4.69, 9.17) is 30.2 Å². The van der Waals surface area contributed by atoms with E-state index < -0.39 is 0 Å². The monoisotopic (exact) mass is 515 g/mol. The third-order valence-corrected chi connectivity index (χ3v) is 6.00. The van der Waals surface area contributed by atoms with Crippen LogP contribution in [0.15, 0.2) is 34.3 Å². The maximum atomic E-state index is 5.01. The number of rotatable bonds is 4. The van der Waals surface area contributed by atoms with Crippen LogP contribution in [-0.4, -0.2) is 23.5 Å². The molecule has 1 fully saturated rings. The molecule has 1 heterocycles. The Balaban J connectivity index is 0.00000114. The predicted molar refractivity (Wildman–Crippen MR) is 138 cm³/mol. The molecule has 0 bridgehead atoms. The molecule has 32 heavy (non-hydrogen) atoms. The normalized spacial score (nSPS) is 19.2. The van der Waals surface area contributed by atoms with E-state index in [2.05, 4.69) is 85.0 Å². The summed E-state index contributed by atoms with van der Waals surface area (Å²) in [5, 5.41) is 3.77. The van der Waals surface area contributed by atoms with Crippen LogP contribution in [0.1, 0.15) is 60.1 Å². The van der Waals surface area contributed by atoms with Crippen molar-refractivity contribution in [3.8, 4) is 0 Å². The standard InChI is InChI=1S/C26H35N3.2ClH.Fe/c1-15-11-17(3)25(18(4)12-15)27-21(7)23-9-10-24(29-23)22(8)28-26-19(5)13-16(2)14-20(26)6;;;/h11-14,23-24,29H,9-10H2,1-8H3;2*1H;/q;;;+2/p-2. The summed E-state index contributed by atoms with van der Waals surface area (Å²) < 4.78 is 0. The molecule has 3 rings (SSSR count). The van der Waals surface area contributed by atoms with Gasteiger partial charge in [0.1, 0.15) is 0 Å². The second kappa shape index (κ2) is 12.3. The van der Waals surface area contributed by atoms with Crippen LogP contribution in [0.2, 0.25) is 0 Å². The fourth-order valence-corrected chi connectivity index (χ4v) is 4.61. The molecule has 1 saturated heterocycles. The van der Waals surface area contributed by atoms with Gasteiger partial charge in [-0.25, -0.2) is 0 Å². The van der Waals surface area contributed by atoms with Gasteiger partial charge < -0.3 is 5.32 Å².